The summed E-state index contributed by atoms with van der Waals surface area (Å²) in [5, 5.41) is 0. The first-order valence-corrected chi connectivity index (χ1v) is 6.95. The molecule has 0 radical (unpaired) electrons. The molecule has 3 rings (SSSR count). The molecule has 8 heteroatoms. The van der Waals surface area contributed by atoms with Crippen molar-refractivity contribution in [2.45, 2.75) is 0 Å². The van der Waals surface area contributed by atoms with Gasteiger partial charge >= 0.3 is 0 Å². The molecule has 2 heterocycles. The number of nitrogen functional groups attached to an aromatic ring is 1. The molecule has 2 N–H and O–H groups in total. The highest BCUT2D eigenvalue weighted by Crippen LogP contribution is 2.38. The Morgan fingerprint density at radius 1 is 1.14 bits per heavy atom. The Balaban J connectivity index is 0.00000176. The second kappa shape index (κ2) is 6.41. The van der Waals surface area contributed by atoms with Crippen molar-refractivity contribution in [3.63, 3.8) is 0 Å². The average Bonchev–Trinajstić information content (AvgIpc) is 2.89. The Labute approximate surface area is 141 Å². The Hall–Kier alpha value is -1.99. The standard InChI is InChI=1S/C14H13BrN4O2.ClH/c1-20-11-6-12(21-2)9(15)5-8(11)10-7-19-4-3-13(16)18-14(19)17-10;/h3-7H,1-2H3,(H2,16,17,18);1H. The molecule has 3 aromatic rings. The fourth-order valence-corrected chi connectivity index (χ4v) is 2.58. The van der Waals surface area contributed by atoms with Crippen LogP contribution in [-0.4, -0.2) is 28.6 Å². The summed E-state index contributed by atoms with van der Waals surface area (Å²) in [6.45, 7) is 0. The van der Waals surface area contributed by atoms with Gasteiger partial charge in [-0.15, -0.1) is 12.4 Å². The summed E-state index contributed by atoms with van der Waals surface area (Å²) in [4.78, 5) is 8.67. The van der Waals surface area contributed by atoms with Gasteiger partial charge < -0.3 is 15.2 Å². The number of methoxy groups -OCH3 is 2. The van der Waals surface area contributed by atoms with E-state index in [1.165, 1.54) is 0 Å². The molecule has 0 amide bonds. The van der Waals surface area contributed by atoms with Crippen LogP contribution in [0.15, 0.2) is 35.1 Å². The molecule has 0 unspecified atom stereocenters. The van der Waals surface area contributed by atoms with Crippen molar-refractivity contribution in [1.29, 1.82) is 0 Å². The van der Waals surface area contributed by atoms with Gasteiger partial charge in [-0.05, 0) is 28.1 Å². The maximum absolute atomic E-state index is 5.68. The van der Waals surface area contributed by atoms with E-state index >= 15 is 0 Å². The summed E-state index contributed by atoms with van der Waals surface area (Å²) in [6, 6.07) is 5.44. The molecule has 0 aliphatic heterocycles. The number of imidazole rings is 1. The van der Waals surface area contributed by atoms with Gasteiger partial charge in [0.05, 0.1) is 24.4 Å². The van der Waals surface area contributed by atoms with E-state index in [0.29, 0.717) is 23.1 Å². The number of nitrogens with two attached hydrogens (primary N) is 1. The molecule has 2 aromatic heterocycles. The van der Waals surface area contributed by atoms with E-state index in [9.17, 15) is 0 Å². The minimum absolute atomic E-state index is 0. The first-order chi connectivity index (χ1) is 10.1. The van der Waals surface area contributed by atoms with Crippen molar-refractivity contribution in [2.75, 3.05) is 20.0 Å². The molecule has 0 spiro atoms. The molecule has 0 fully saturated rings. The molecule has 116 valence electrons. The van der Waals surface area contributed by atoms with Gasteiger partial charge in [-0.25, -0.2) is 4.98 Å². The highest BCUT2D eigenvalue weighted by Gasteiger charge is 2.14. The van der Waals surface area contributed by atoms with Crippen LogP contribution in [0.3, 0.4) is 0 Å². The zero-order chi connectivity index (χ0) is 15.0. The predicted octanol–water partition coefficient (Wildman–Crippen LogP) is 3.18. The molecule has 0 saturated heterocycles. The Kier molecular flexibility index (Phi) is 4.77. The largest absolute Gasteiger partial charge is 0.496 e. The quantitative estimate of drug-likeness (QED) is 0.749. The average molecular weight is 386 g/mol. The van der Waals surface area contributed by atoms with E-state index in [1.54, 1.807) is 20.3 Å². The Bertz CT molecular complexity index is 822. The summed E-state index contributed by atoms with van der Waals surface area (Å²) in [7, 11) is 3.22. The Morgan fingerprint density at radius 3 is 2.55 bits per heavy atom. The minimum Gasteiger partial charge on any atom is -0.496 e. The first kappa shape index (κ1) is 16.4. The first-order valence-electron chi connectivity index (χ1n) is 6.15. The number of fused-ring (bicyclic) bond motifs is 1. The SMILES string of the molecule is COc1cc(OC)c(-c2cn3ccc(N)nc3n2)cc1Br.Cl. The number of rotatable bonds is 3. The van der Waals surface area contributed by atoms with Gasteiger partial charge in [0.15, 0.2) is 0 Å². The van der Waals surface area contributed by atoms with Crippen LogP contribution in [-0.2, 0) is 0 Å². The lowest BCUT2D eigenvalue weighted by Crippen LogP contribution is -1.93. The molecular weight excluding hydrogens is 372 g/mol. The van der Waals surface area contributed by atoms with Crippen molar-refractivity contribution in [2.24, 2.45) is 0 Å². The number of hydrogen-bond donors (Lipinski definition) is 1. The molecule has 0 aliphatic rings. The van der Waals surface area contributed by atoms with Crippen LogP contribution in [0.2, 0.25) is 0 Å². The van der Waals surface area contributed by atoms with E-state index in [-0.39, 0.29) is 12.4 Å². The summed E-state index contributed by atoms with van der Waals surface area (Å²) < 4.78 is 13.3. The van der Waals surface area contributed by atoms with Gasteiger partial charge in [-0.1, -0.05) is 0 Å². The molecule has 22 heavy (non-hydrogen) atoms. The molecule has 0 saturated carbocycles. The summed E-state index contributed by atoms with van der Waals surface area (Å²) in [6.07, 6.45) is 3.69. The highest BCUT2D eigenvalue weighted by atomic mass is 79.9. The maximum Gasteiger partial charge on any atom is 0.236 e. The smallest absolute Gasteiger partial charge is 0.236 e. The van der Waals surface area contributed by atoms with Crippen molar-refractivity contribution in [3.05, 3.63) is 35.1 Å². The fraction of sp³-hybridized carbons (Fsp3) is 0.143. The third-order valence-electron chi connectivity index (χ3n) is 3.10. The van der Waals surface area contributed by atoms with Crippen molar-refractivity contribution < 1.29 is 9.47 Å². The molecule has 0 bridgehead atoms. The van der Waals surface area contributed by atoms with E-state index in [1.807, 2.05) is 28.9 Å². The predicted molar refractivity (Wildman–Crippen MR) is 90.9 cm³/mol. The number of benzene rings is 1. The number of nitrogens with zero attached hydrogens (tertiary/aromatic N) is 3. The molecule has 1 aromatic carbocycles. The highest BCUT2D eigenvalue weighted by molar-refractivity contribution is 9.10. The van der Waals surface area contributed by atoms with Gasteiger partial charge in [-0.2, -0.15) is 4.98 Å². The van der Waals surface area contributed by atoms with Crippen molar-refractivity contribution in [3.8, 4) is 22.8 Å². The number of aromatic nitrogens is 3. The molecule has 6 nitrogen and oxygen atoms in total. The third-order valence-corrected chi connectivity index (χ3v) is 3.72. The van der Waals surface area contributed by atoms with Crippen LogP contribution in [0, 0.1) is 0 Å². The zero-order valence-corrected chi connectivity index (χ0v) is 14.3. The van der Waals surface area contributed by atoms with Crippen LogP contribution >= 0.6 is 28.3 Å². The van der Waals surface area contributed by atoms with Crippen LogP contribution in [0.1, 0.15) is 0 Å². The zero-order valence-electron chi connectivity index (χ0n) is 11.9. The number of hydrogen-bond acceptors (Lipinski definition) is 5. The lowest BCUT2D eigenvalue weighted by Gasteiger charge is -2.10. The molecular formula is C14H14BrClN4O2. The van der Waals surface area contributed by atoms with E-state index in [2.05, 4.69) is 25.9 Å². The van der Waals surface area contributed by atoms with Crippen LogP contribution in [0.4, 0.5) is 5.82 Å². The van der Waals surface area contributed by atoms with Crippen molar-refractivity contribution in [1.82, 2.24) is 14.4 Å². The second-order valence-corrected chi connectivity index (χ2v) is 5.23. The van der Waals surface area contributed by atoms with Gasteiger partial charge in [0.25, 0.3) is 0 Å². The molecule has 0 aliphatic carbocycles. The van der Waals surface area contributed by atoms with Gasteiger partial charge in [-0.3, -0.25) is 4.40 Å². The van der Waals surface area contributed by atoms with Crippen molar-refractivity contribution >= 4 is 39.9 Å². The number of anilines is 1. The lowest BCUT2D eigenvalue weighted by atomic mass is 10.1. The normalized spacial score (nSPS) is 10.3. The lowest BCUT2D eigenvalue weighted by molar-refractivity contribution is 0.393. The van der Waals surface area contributed by atoms with Crippen LogP contribution in [0.25, 0.3) is 17.0 Å². The topological polar surface area (TPSA) is 74.7 Å². The van der Waals surface area contributed by atoms with Crippen LogP contribution < -0.4 is 15.2 Å². The van der Waals surface area contributed by atoms with Gasteiger partial charge in [0, 0.05) is 24.0 Å². The monoisotopic (exact) mass is 384 g/mol. The number of ether oxygens (including phenoxy) is 2. The van der Waals surface area contributed by atoms with E-state index in [0.717, 1.165) is 15.7 Å². The summed E-state index contributed by atoms with van der Waals surface area (Å²) >= 11 is 3.47. The maximum atomic E-state index is 5.68. The second-order valence-electron chi connectivity index (χ2n) is 4.37. The summed E-state index contributed by atoms with van der Waals surface area (Å²) in [5.74, 6) is 2.34. The van der Waals surface area contributed by atoms with E-state index < -0.39 is 0 Å². The Morgan fingerprint density at radius 2 is 1.86 bits per heavy atom. The van der Waals surface area contributed by atoms with Gasteiger partial charge in [0.1, 0.15) is 17.3 Å². The minimum atomic E-state index is 0. The van der Waals surface area contributed by atoms with Crippen LogP contribution in [0.5, 0.6) is 11.5 Å². The molecule has 0 atom stereocenters. The fourth-order valence-electron chi connectivity index (χ4n) is 2.08. The third kappa shape index (κ3) is 2.82. The van der Waals surface area contributed by atoms with Gasteiger partial charge in [0.2, 0.25) is 5.78 Å². The van der Waals surface area contributed by atoms with E-state index in [4.69, 9.17) is 15.2 Å². The number of halogens is 2. The summed E-state index contributed by atoms with van der Waals surface area (Å²) in [5.41, 5.74) is 7.26.